The van der Waals surface area contributed by atoms with Gasteiger partial charge < -0.3 is 20.3 Å². The van der Waals surface area contributed by atoms with Crippen LogP contribution in [0.4, 0.5) is 5.69 Å². The minimum Gasteiger partial charge on any atom is -0.383 e. The van der Waals surface area contributed by atoms with Gasteiger partial charge in [-0.15, -0.1) is 0 Å². The van der Waals surface area contributed by atoms with Crippen LogP contribution >= 0.6 is 0 Å². The van der Waals surface area contributed by atoms with Crippen molar-refractivity contribution >= 4 is 17.5 Å². The maximum absolute atomic E-state index is 12.8. The van der Waals surface area contributed by atoms with Gasteiger partial charge >= 0.3 is 0 Å². The number of benzene rings is 2. The molecule has 1 aliphatic heterocycles. The van der Waals surface area contributed by atoms with Crippen molar-refractivity contribution in [2.45, 2.75) is 26.4 Å². The lowest BCUT2D eigenvalue weighted by atomic mass is 10.1. The first-order chi connectivity index (χ1) is 14.0. The maximum Gasteiger partial charge on any atom is 0.256 e. The number of ether oxygens (including phenoxy) is 1. The minimum atomic E-state index is -0.264. The van der Waals surface area contributed by atoms with Gasteiger partial charge in [0.15, 0.2) is 0 Å². The Morgan fingerprint density at radius 3 is 2.55 bits per heavy atom. The molecule has 1 aliphatic rings. The van der Waals surface area contributed by atoms with Gasteiger partial charge in [-0.1, -0.05) is 32.0 Å². The molecule has 154 valence electrons. The molecule has 0 bridgehead atoms. The van der Waals surface area contributed by atoms with E-state index in [1.54, 1.807) is 24.1 Å². The molecule has 1 unspecified atom stereocenters. The molecule has 1 atom stereocenters. The van der Waals surface area contributed by atoms with Gasteiger partial charge in [0.2, 0.25) is 0 Å². The zero-order valence-electron chi connectivity index (χ0n) is 17.3. The molecule has 0 saturated heterocycles. The second-order valence-corrected chi connectivity index (χ2v) is 7.64. The third kappa shape index (κ3) is 4.95. The van der Waals surface area contributed by atoms with Gasteiger partial charge in [-0.25, -0.2) is 0 Å². The lowest BCUT2D eigenvalue weighted by Gasteiger charge is -2.27. The quantitative estimate of drug-likeness (QED) is 0.680. The number of carbonyl (C=O) groups excluding carboxylic acids is 2. The molecule has 6 nitrogen and oxygen atoms in total. The Labute approximate surface area is 172 Å². The number of fused-ring (bicyclic) bond motifs is 1. The molecule has 2 amide bonds. The number of hydrogen-bond donors (Lipinski definition) is 2. The summed E-state index contributed by atoms with van der Waals surface area (Å²) in [6.45, 7) is 5.90. The molecule has 2 aromatic rings. The van der Waals surface area contributed by atoms with Crippen LogP contribution < -0.4 is 10.6 Å². The van der Waals surface area contributed by atoms with Crippen molar-refractivity contribution < 1.29 is 14.3 Å². The van der Waals surface area contributed by atoms with Gasteiger partial charge in [-0.3, -0.25) is 9.59 Å². The average Bonchev–Trinajstić information content (AvgIpc) is 2.98. The van der Waals surface area contributed by atoms with Crippen molar-refractivity contribution in [2.24, 2.45) is 5.92 Å². The summed E-state index contributed by atoms with van der Waals surface area (Å²) in [6, 6.07) is 15.0. The molecule has 0 aromatic heterocycles. The Morgan fingerprint density at radius 2 is 1.86 bits per heavy atom. The number of amides is 2. The highest BCUT2D eigenvalue weighted by Gasteiger charge is 2.36. The molecule has 3 rings (SSSR count). The molecule has 0 fully saturated rings. The fourth-order valence-electron chi connectivity index (χ4n) is 3.40. The van der Waals surface area contributed by atoms with Crippen molar-refractivity contribution in [2.75, 3.05) is 32.1 Å². The monoisotopic (exact) mass is 395 g/mol. The molecule has 0 spiro atoms. The van der Waals surface area contributed by atoms with Crippen molar-refractivity contribution in [3.63, 3.8) is 0 Å². The first-order valence-corrected chi connectivity index (χ1v) is 10.0. The highest BCUT2D eigenvalue weighted by atomic mass is 16.5. The summed E-state index contributed by atoms with van der Waals surface area (Å²) < 4.78 is 5.17. The van der Waals surface area contributed by atoms with Crippen LogP contribution in [0.15, 0.2) is 48.5 Å². The first kappa shape index (κ1) is 20.9. The zero-order chi connectivity index (χ0) is 20.8. The van der Waals surface area contributed by atoms with E-state index in [1.165, 1.54) is 0 Å². The molecule has 6 heteroatoms. The number of nitrogens with zero attached hydrogens (tertiary/aromatic N) is 1. The molecule has 0 radical (unpaired) electrons. The summed E-state index contributed by atoms with van der Waals surface area (Å²) in [5.41, 5.74) is 3.13. The van der Waals surface area contributed by atoms with Crippen molar-refractivity contribution in [3.05, 3.63) is 65.2 Å². The molecule has 1 heterocycles. The van der Waals surface area contributed by atoms with Crippen LogP contribution in [0.3, 0.4) is 0 Å². The first-order valence-electron chi connectivity index (χ1n) is 10.0. The second-order valence-electron chi connectivity index (χ2n) is 7.64. The van der Waals surface area contributed by atoms with Crippen LogP contribution in [0.2, 0.25) is 0 Å². The van der Waals surface area contributed by atoms with Crippen molar-refractivity contribution in [1.82, 2.24) is 10.2 Å². The number of nitrogens with one attached hydrogen (secondary N) is 2. The predicted molar refractivity (Wildman–Crippen MR) is 114 cm³/mol. The molecule has 2 aromatic carbocycles. The number of hydrogen-bond acceptors (Lipinski definition) is 4. The summed E-state index contributed by atoms with van der Waals surface area (Å²) >= 11 is 0. The SMILES string of the molecule is COCCN1C(=O)c2ccccc2C1Nc1ccc(C(=O)NCCC(C)C)cc1. The van der Waals surface area contributed by atoms with Gasteiger partial charge in [0.05, 0.1) is 6.61 Å². The van der Waals surface area contributed by atoms with Crippen molar-refractivity contribution in [1.29, 1.82) is 0 Å². The molecule has 2 N–H and O–H groups in total. The topological polar surface area (TPSA) is 70.7 Å². The van der Waals surface area contributed by atoms with Crippen molar-refractivity contribution in [3.8, 4) is 0 Å². The van der Waals surface area contributed by atoms with Gasteiger partial charge in [-0.05, 0) is 42.7 Å². The Bertz CT molecular complexity index is 849. The van der Waals surface area contributed by atoms with E-state index in [-0.39, 0.29) is 18.0 Å². The van der Waals surface area contributed by atoms with Gasteiger partial charge in [-0.2, -0.15) is 0 Å². The number of methoxy groups -OCH3 is 1. The van der Waals surface area contributed by atoms with Crippen LogP contribution in [0.1, 0.15) is 52.7 Å². The van der Waals surface area contributed by atoms with Crippen LogP contribution in [0.25, 0.3) is 0 Å². The van der Waals surface area contributed by atoms with Gasteiger partial charge in [0, 0.05) is 42.6 Å². The van der Waals surface area contributed by atoms with E-state index in [1.807, 2.05) is 36.4 Å². The van der Waals surface area contributed by atoms with E-state index in [2.05, 4.69) is 24.5 Å². The predicted octanol–water partition coefficient (Wildman–Crippen LogP) is 3.68. The number of rotatable bonds is 9. The lowest BCUT2D eigenvalue weighted by Crippen LogP contribution is -2.35. The third-order valence-electron chi connectivity index (χ3n) is 5.05. The minimum absolute atomic E-state index is 0.00343. The summed E-state index contributed by atoms with van der Waals surface area (Å²) in [5.74, 6) is 0.483. The molecule has 0 saturated carbocycles. The Kier molecular flexibility index (Phi) is 6.88. The summed E-state index contributed by atoms with van der Waals surface area (Å²) in [5, 5.41) is 6.37. The molecular weight excluding hydrogens is 366 g/mol. The fraction of sp³-hybridized carbons (Fsp3) is 0.391. The second kappa shape index (κ2) is 9.56. The van der Waals surface area contributed by atoms with Crippen LogP contribution in [0.5, 0.6) is 0 Å². The highest BCUT2D eigenvalue weighted by molar-refractivity contribution is 5.99. The lowest BCUT2D eigenvalue weighted by molar-refractivity contribution is 0.0674. The van der Waals surface area contributed by atoms with E-state index in [0.717, 1.165) is 17.7 Å². The van der Waals surface area contributed by atoms with Gasteiger partial charge in [0.1, 0.15) is 6.17 Å². The largest absolute Gasteiger partial charge is 0.383 e. The number of anilines is 1. The summed E-state index contributed by atoms with van der Waals surface area (Å²) in [7, 11) is 1.63. The van der Waals surface area contributed by atoms with Crippen LogP contribution in [-0.4, -0.2) is 43.5 Å². The maximum atomic E-state index is 12.8. The molecule has 0 aliphatic carbocycles. The fourth-order valence-corrected chi connectivity index (χ4v) is 3.40. The van der Waals surface area contributed by atoms with E-state index < -0.39 is 0 Å². The van der Waals surface area contributed by atoms with E-state index >= 15 is 0 Å². The zero-order valence-corrected chi connectivity index (χ0v) is 17.3. The van der Waals surface area contributed by atoms with Gasteiger partial charge in [0.25, 0.3) is 11.8 Å². The Morgan fingerprint density at radius 1 is 1.14 bits per heavy atom. The Balaban J connectivity index is 1.71. The normalized spacial score (nSPS) is 15.5. The molecular formula is C23H29N3O3. The average molecular weight is 396 g/mol. The van der Waals surface area contributed by atoms with Crippen LogP contribution in [0, 0.1) is 5.92 Å². The summed E-state index contributed by atoms with van der Waals surface area (Å²) in [6.07, 6.45) is 0.692. The van der Waals surface area contributed by atoms with E-state index in [9.17, 15) is 9.59 Å². The van der Waals surface area contributed by atoms with Crippen LogP contribution in [-0.2, 0) is 4.74 Å². The number of carbonyl (C=O) groups is 2. The smallest absolute Gasteiger partial charge is 0.256 e. The highest BCUT2D eigenvalue weighted by Crippen LogP contribution is 2.34. The Hall–Kier alpha value is -2.86. The summed E-state index contributed by atoms with van der Waals surface area (Å²) in [4.78, 5) is 26.8. The van der Waals surface area contributed by atoms with E-state index in [0.29, 0.717) is 36.7 Å². The standard InChI is InChI=1S/C23H29N3O3/c1-16(2)12-13-24-22(27)17-8-10-18(11-9-17)25-21-19-6-4-5-7-20(19)23(28)26(21)14-15-29-3/h4-11,16,21,25H,12-15H2,1-3H3,(H,24,27). The third-order valence-corrected chi connectivity index (χ3v) is 5.05. The molecule has 29 heavy (non-hydrogen) atoms. The van der Waals surface area contributed by atoms with E-state index in [4.69, 9.17) is 4.74 Å².